The fraction of sp³-hybridized carbons (Fsp3) is 0.0909. The fourth-order valence-electron chi connectivity index (χ4n) is 5.91. The Morgan fingerprint density at radius 2 is 1.43 bits per heavy atom. The molecular formula is C44H36GeIrN2S-2. The number of rotatable bonds is 5. The SMILES string of the molecule is Cc1cc(-c2[c-]ccc(-c3ccccc3)c2)nc[c]1[Ge]([CH3])([CH3])[CH3].[2H]c1c([2H])c([2H])c(-c2ccc3c(c2)sc2c(-c4ccccn4)[c-]ccc23)c([2H])c1[2H].[Ir]. The van der Waals surface area contributed by atoms with Crippen molar-refractivity contribution in [2.45, 2.75) is 24.2 Å². The summed E-state index contributed by atoms with van der Waals surface area (Å²) in [5, 5.41) is 2.14. The zero-order valence-corrected chi connectivity index (χ0v) is 32.9. The minimum atomic E-state index is -1.85. The molecule has 0 saturated heterocycles. The summed E-state index contributed by atoms with van der Waals surface area (Å²) in [5.74, 6) is 7.23. The second-order valence-corrected chi connectivity index (χ2v) is 24.2. The van der Waals surface area contributed by atoms with Crippen molar-refractivity contribution in [3.05, 3.63) is 163 Å². The maximum absolute atomic E-state index is 8.25. The Kier molecular flexibility index (Phi) is 8.85. The number of aromatic nitrogens is 2. The minimum Gasteiger partial charge on any atom is -0.305 e. The quantitative estimate of drug-likeness (QED) is 0.127. The van der Waals surface area contributed by atoms with Gasteiger partial charge in [0.25, 0.3) is 0 Å². The van der Waals surface area contributed by atoms with Crippen LogP contribution < -0.4 is 4.40 Å². The van der Waals surface area contributed by atoms with Crippen LogP contribution in [0.4, 0.5) is 0 Å². The van der Waals surface area contributed by atoms with Crippen LogP contribution in [0.25, 0.3) is 64.9 Å². The van der Waals surface area contributed by atoms with E-state index in [1.165, 1.54) is 21.1 Å². The largest absolute Gasteiger partial charge is 0.305 e. The van der Waals surface area contributed by atoms with E-state index in [2.05, 4.69) is 90.0 Å². The van der Waals surface area contributed by atoms with Gasteiger partial charge < -0.3 is 4.98 Å². The van der Waals surface area contributed by atoms with Gasteiger partial charge in [0, 0.05) is 31.0 Å². The number of thiophene rings is 1. The van der Waals surface area contributed by atoms with Crippen molar-refractivity contribution in [1.82, 2.24) is 9.97 Å². The Labute approximate surface area is 316 Å². The molecule has 3 heterocycles. The summed E-state index contributed by atoms with van der Waals surface area (Å²) in [6.45, 7) is 2.21. The van der Waals surface area contributed by atoms with Crippen LogP contribution in [-0.2, 0) is 20.1 Å². The molecule has 0 bridgehead atoms. The second kappa shape index (κ2) is 15.1. The van der Waals surface area contributed by atoms with Gasteiger partial charge in [-0.15, -0.1) is 23.8 Å². The summed E-state index contributed by atoms with van der Waals surface area (Å²) in [7, 11) is 0. The van der Waals surface area contributed by atoms with E-state index in [1.54, 1.807) is 17.5 Å². The Bertz CT molecular complexity index is 2600. The molecule has 0 unspecified atom stereocenters. The number of pyridine rings is 2. The Balaban J connectivity index is 0.000000187. The molecule has 3 aromatic heterocycles. The van der Waals surface area contributed by atoms with Gasteiger partial charge in [0.1, 0.15) is 0 Å². The van der Waals surface area contributed by atoms with Gasteiger partial charge in [0.15, 0.2) is 0 Å². The number of fused-ring (bicyclic) bond motifs is 3. The van der Waals surface area contributed by atoms with E-state index in [9.17, 15) is 0 Å². The molecule has 5 heteroatoms. The number of hydrogen-bond donors (Lipinski definition) is 0. The molecule has 49 heavy (non-hydrogen) atoms. The van der Waals surface area contributed by atoms with Crippen LogP contribution in [-0.4, -0.2) is 23.2 Å². The van der Waals surface area contributed by atoms with Crippen molar-refractivity contribution in [1.29, 1.82) is 0 Å². The van der Waals surface area contributed by atoms with Gasteiger partial charge in [-0.25, -0.2) is 0 Å². The van der Waals surface area contributed by atoms with E-state index in [0.29, 0.717) is 5.56 Å². The molecule has 8 aromatic rings. The van der Waals surface area contributed by atoms with Crippen molar-refractivity contribution >= 4 is 49.2 Å². The Morgan fingerprint density at radius 1 is 0.673 bits per heavy atom. The van der Waals surface area contributed by atoms with Crippen LogP contribution in [0.3, 0.4) is 0 Å². The van der Waals surface area contributed by atoms with E-state index in [1.807, 2.05) is 60.7 Å². The van der Waals surface area contributed by atoms with Gasteiger partial charge in [-0.1, -0.05) is 59.9 Å². The van der Waals surface area contributed by atoms with Gasteiger partial charge in [0.05, 0.1) is 6.85 Å². The molecule has 5 aromatic carbocycles. The first-order chi connectivity index (χ1) is 25.4. The molecule has 0 saturated carbocycles. The van der Waals surface area contributed by atoms with Gasteiger partial charge >= 0.3 is 142 Å². The van der Waals surface area contributed by atoms with Crippen molar-refractivity contribution in [3.8, 4) is 44.8 Å². The average molecular weight is 895 g/mol. The number of aryl methyl sites for hydroxylation is 1. The Hall–Kier alpha value is -4.19. The van der Waals surface area contributed by atoms with E-state index in [-0.39, 0.29) is 55.9 Å². The van der Waals surface area contributed by atoms with Crippen LogP contribution in [0.1, 0.15) is 12.4 Å². The summed E-state index contributed by atoms with van der Waals surface area (Å²) in [4.78, 5) is 9.18. The van der Waals surface area contributed by atoms with Crippen LogP contribution in [0, 0.1) is 19.1 Å². The van der Waals surface area contributed by atoms with Crippen LogP contribution >= 0.6 is 11.3 Å². The van der Waals surface area contributed by atoms with Gasteiger partial charge in [-0.3, -0.25) is 0 Å². The first-order valence-electron chi connectivity index (χ1n) is 18.3. The zero-order chi connectivity index (χ0) is 37.4. The molecule has 2 nitrogen and oxygen atoms in total. The maximum Gasteiger partial charge on any atom is 0.0629 e. The van der Waals surface area contributed by atoms with Crippen LogP contribution in [0.2, 0.25) is 17.3 Å². The van der Waals surface area contributed by atoms with Crippen molar-refractivity contribution in [2.24, 2.45) is 0 Å². The van der Waals surface area contributed by atoms with E-state index in [0.717, 1.165) is 42.7 Å². The summed E-state index contributed by atoms with van der Waals surface area (Å²) in [6, 6.07) is 39.5. The molecule has 0 aliphatic heterocycles. The Morgan fingerprint density at radius 3 is 2.16 bits per heavy atom. The van der Waals surface area contributed by atoms with Crippen molar-refractivity contribution < 1.29 is 27.0 Å². The molecule has 0 amide bonds. The molecule has 243 valence electrons. The molecule has 0 aliphatic carbocycles. The first-order valence-corrected chi connectivity index (χ1v) is 24.0. The zero-order valence-electron chi connectivity index (χ0n) is 32.6. The first kappa shape index (κ1) is 28.6. The summed E-state index contributed by atoms with van der Waals surface area (Å²) < 4.78 is 43.7. The number of nitrogens with zero attached hydrogens (tertiary/aromatic N) is 2. The monoisotopic (exact) mass is 896 g/mol. The van der Waals surface area contributed by atoms with Gasteiger partial charge in [-0.2, -0.15) is 11.3 Å². The van der Waals surface area contributed by atoms with Gasteiger partial charge in [0.2, 0.25) is 0 Å². The predicted molar refractivity (Wildman–Crippen MR) is 208 cm³/mol. The third-order valence-electron chi connectivity index (χ3n) is 8.25. The molecule has 0 aliphatic rings. The molecule has 0 atom stereocenters. The molecule has 0 spiro atoms. The summed E-state index contributed by atoms with van der Waals surface area (Å²) >= 11 is -0.256. The normalized spacial score (nSPS) is 12.5. The van der Waals surface area contributed by atoms with Crippen molar-refractivity contribution in [2.75, 3.05) is 0 Å². The van der Waals surface area contributed by atoms with Crippen molar-refractivity contribution in [3.63, 3.8) is 0 Å². The summed E-state index contributed by atoms with van der Waals surface area (Å²) in [6.07, 6.45) is 3.85. The van der Waals surface area contributed by atoms with Crippen LogP contribution in [0.15, 0.2) is 146 Å². The van der Waals surface area contributed by atoms with Gasteiger partial charge in [-0.05, 0) is 39.0 Å². The molecule has 1 radical (unpaired) electrons. The molecular weight excluding hydrogens is 853 g/mol. The second-order valence-electron chi connectivity index (χ2n) is 12.6. The predicted octanol–water partition coefficient (Wildman–Crippen LogP) is 11.7. The maximum atomic E-state index is 8.25. The smallest absolute Gasteiger partial charge is 0.0629 e. The molecule has 8 rings (SSSR count). The molecule has 0 N–H and O–H groups in total. The van der Waals surface area contributed by atoms with E-state index < -0.39 is 13.3 Å². The number of benzene rings is 5. The third-order valence-corrected chi connectivity index (χ3v) is 13.9. The minimum absolute atomic E-state index is 0. The van der Waals surface area contributed by atoms with Crippen LogP contribution in [0.5, 0.6) is 0 Å². The summed E-state index contributed by atoms with van der Waals surface area (Å²) in [5.41, 5.74) is 8.46. The fourth-order valence-corrected chi connectivity index (χ4v) is 10.7. The third kappa shape index (κ3) is 7.69. The van der Waals surface area contributed by atoms with E-state index >= 15 is 0 Å². The molecule has 0 fully saturated rings. The topological polar surface area (TPSA) is 25.8 Å². The van der Waals surface area contributed by atoms with E-state index in [4.69, 9.17) is 11.8 Å². The average Bonchev–Trinajstić information content (AvgIpc) is 3.55. The standard InChI is InChI=1S/C23H14NS.C21H22GeN.Ir/c1-2-7-16(8-3-1)17-12-13-18-19-9-6-10-20(21-11-4-5-14-24-21)23(19)25-22(18)15-17;1-16-13-21(23-15-20(16)22(2,3)4)19-12-8-11-18(14-19)17-9-6-5-7-10-17;/h1-9,11-15H;5-11,13-15H,1-4H3;/q2*-1;/i1D,2D,3D,7D,8D;;. The number of hydrogen-bond acceptors (Lipinski definition) is 3.